The summed E-state index contributed by atoms with van der Waals surface area (Å²) in [4.78, 5) is 22.2. The zero-order valence-corrected chi connectivity index (χ0v) is 13.1. The molecule has 0 unspecified atom stereocenters. The fourth-order valence-electron chi connectivity index (χ4n) is 2.19. The molecule has 1 fully saturated rings. The second-order valence-corrected chi connectivity index (χ2v) is 5.68. The van der Waals surface area contributed by atoms with E-state index in [1.54, 1.807) is 19.5 Å². The molecule has 2 rings (SSSR count). The molecule has 1 aromatic rings. The summed E-state index contributed by atoms with van der Waals surface area (Å²) in [5, 5.41) is 3.30. The third-order valence-electron chi connectivity index (χ3n) is 3.32. The summed E-state index contributed by atoms with van der Waals surface area (Å²) >= 11 is 3.31. The van der Waals surface area contributed by atoms with E-state index in [1.165, 1.54) is 0 Å². The third-order valence-corrected chi connectivity index (χ3v) is 3.73. The van der Waals surface area contributed by atoms with Crippen molar-refractivity contribution in [3.63, 3.8) is 0 Å². The Labute approximate surface area is 127 Å². The number of anilines is 1. The van der Waals surface area contributed by atoms with E-state index in [4.69, 9.17) is 4.74 Å². The quantitative estimate of drug-likeness (QED) is 0.881. The lowest BCUT2D eigenvalue weighted by molar-refractivity contribution is -0.133. The van der Waals surface area contributed by atoms with Crippen LogP contribution < -0.4 is 5.32 Å². The van der Waals surface area contributed by atoms with Crippen LogP contribution in [0.25, 0.3) is 0 Å². The molecule has 0 spiro atoms. The Bertz CT molecular complexity index is 433. The van der Waals surface area contributed by atoms with E-state index in [0.29, 0.717) is 25.0 Å². The Balaban J connectivity index is 1.76. The van der Waals surface area contributed by atoms with Crippen molar-refractivity contribution in [2.75, 3.05) is 32.1 Å². The SMILES string of the molecule is COCCC(=O)N1CCC(Nc2ncc(Br)cn2)CC1. The average Bonchev–Trinajstić information content (AvgIpc) is 2.48. The van der Waals surface area contributed by atoms with Gasteiger partial charge in [-0.25, -0.2) is 9.97 Å². The monoisotopic (exact) mass is 342 g/mol. The van der Waals surface area contributed by atoms with Crippen molar-refractivity contribution in [3.05, 3.63) is 16.9 Å². The highest BCUT2D eigenvalue weighted by Gasteiger charge is 2.22. The number of halogens is 1. The highest BCUT2D eigenvalue weighted by atomic mass is 79.9. The summed E-state index contributed by atoms with van der Waals surface area (Å²) < 4.78 is 5.80. The maximum Gasteiger partial charge on any atom is 0.224 e. The Kier molecular flexibility index (Phi) is 5.72. The number of carbonyl (C=O) groups is 1. The number of rotatable bonds is 5. The molecule has 0 aromatic carbocycles. The van der Waals surface area contributed by atoms with Crippen molar-refractivity contribution in [1.82, 2.24) is 14.9 Å². The summed E-state index contributed by atoms with van der Waals surface area (Å²) in [6.07, 6.45) is 5.73. The Morgan fingerprint density at radius 2 is 2.10 bits per heavy atom. The summed E-state index contributed by atoms with van der Waals surface area (Å²) in [6.45, 7) is 2.04. The number of nitrogens with one attached hydrogen (secondary N) is 1. The van der Waals surface area contributed by atoms with Crippen LogP contribution in [-0.4, -0.2) is 53.6 Å². The molecule has 1 aliphatic heterocycles. The molecular weight excluding hydrogens is 324 g/mol. The number of hydrogen-bond donors (Lipinski definition) is 1. The maximum atomic E-state index is 11.9. The van der Waals surface area contributed by atoms with Gasteiger partial charge in [0.1, 0.15) is 0 Å². The first-order valence-corrected chi connectivity index (χ1v) is 7.49. The van der Waals surface area contributed by atoms with Gasteiger partial charge in [0.15, 0.2) is 0 Å². The van der Waals surface area contributed by atoms with Crippen molar-refractivity contribution in [1.29, 1.82) is 0 Å². The predicted octanol–water partition coefficient (Wildman–Crippen LogP) is 1.68. The zero-order valence-electron chi connectivity index (χ0n) is 11.5. The number of methoxy groups -OCH3 is 1. The van der Waals surface area contributed by atoms with Crippen molar-refractivity contribution < 1.29 is 9.53 Å². The standard InChI is InChI=1S/C13H19BrN4O2/c1-20-7-4-12(19)18-5-2-11(3-6-18)17-13-15-8-10(14)9-16-13/h8-9,11H,2-7H2,1H3,(H,15,16,17). The molecule has 0 radical (unpaired) electrons. The Morgan fingerprint density at radius 1 is 1.45 bits per heavy atom. The summed E-state index contributed by atoms with van der Waals surface area (Å²) in [5.74, 6) is 0.808. The van der Waals surface area contributed by atoms with Crippen LogP contribution in [0.15, 0.2) is 16.9 Å². The van der Waals surface area contributed by atoms with Crippen molar-refractivity contribution in [2.45, 2.75) is 25.3 Å². The second-order valence-electron chi connectivity index (χ2n) is 4.77. The zero-order chi connectivity index (χ0) is 14.4. The molecule has 20 heavy (non-hydrogen) atoms. The van der Waals surface area contributed by atoms with E-state index in [0.717, 1.165) is 30.4 Å². The molecule has 1 saturated heterocycles. The number of carbonyl (C=O) groups excluding carboxylic acids is 1. The minimum atomic E-state index is 0.171. The van der Waals surface area contributed by atoms with Crippen LogP contribution >= 0.6 is 15.9 Å². The van der Waals surface area contributed by atoms with Crippen LogP contribution in [0.3, 0.4) is 0 Å². The summed E-state index contributed by atoms with van der Waals surface area (Å²) in [6, 6.07) is 0.322. The summed E-state index contributed by atoms with van der Waals surface area (Å²) in [7, 11) is 1.61. The molecule has 1 amide bonds. The van der Waals surface area contributed by atoms with Crippen LogP contribution in [-0.2, 0) is 9.53 Å². The molecule has 0 saturated carbocycles. The number of nitrogens with zero attached hydrogens (tertiary/aromatic N) is 3. The summed E-state index contributed by atoms with van der Waals surface area (Å²) in [5.41, 5.74) is 0. The molecule has 6 nitrogen and oxygen atoms in total. The van der Waals surface area contributed by atoms with Crippen molar-refractivity contribution in [2.24, 2.45) is 0 Å². The first kappa shape index (κ1) is 15.2. The fraction of sp³-hybridized carbons (Fsp3) is 0.615. The molecule has 0 bridgehead atoms. The maximum absolute atomic E-state index is 11.9. The van der Waals surface area contributed by atoms with Gasteiger partial charge in [-0.2, -0.15) is 0 Å². The molecule has 2 heterocycles. The van der Waals surface area contributed by atoms with Gasteiger partial charge in [0, 0.05) is 38.6 Å². The molecule has 7 heteroatoms. The van der Waals surface area contributed by atoms with Gasteiger partial charge in [-0.1, -0.05) is 0 Å². The van der Waals surface area contributed by atoms with Crippen LogP contribution in [0.2, 0.25) is 0 Å². The van der Waals surface area contributed by atoms with Crippen molar-refractivity contribution in [3.8, 4) is 0 Å². The topological polar surface area (TPSA) is 67.3 Å². The van der Waals surface area contributed by atoms with Gasteiger partial charge in [-0.3, -0.25) is 4.79 Å². The van der Waals surface area contributed by atoms with Gasteiger partial charge < -0.3 is 15.0 Å². The van der Waals surface area contributed by atoms with Crippen LogP contribution in [0.4, 0.5) is 5.95 Å². The van der Waals surface area contributed by atoms with Gasteiger partial charge in [-0.05, 0) is 28.8 Å². The van der Waals surface area contributed by atoms with Gasteiger partial charge in [0.05, 0.1) is 17.5 Å². The minimum Gasteiger partial charge on any atom is -0.384 e. The molecule has 1 aromatic heterocycles. The highest BCUT2D eigenvalue weighted by Crippen LogP contribution is 2.15. The number of amides is 1. The number of ether oxygens (including phenoxy) is 1. The highest BCUT2D eigenvalue weighted by molar-refractivity contribution is 9.10. The molecule has 110 valence electrons. The molecule has 1 N–H and O–H groups in total. The van der Waals surface area contributed by atoms with Gasteiger partial charge in [0.25, 0.3) is 0 Å². The lowest BCUT2D eigenvalue weighted by atomic mass is 10.0. The number of likely N-dealkylation sites (tertiary alicyclic amines) is 1. The average molecular weight is 343 g/mol. The first-order chi connectivity index (χ1) is 9.69. The van der Waals surface area contributed by atoms with Gasteiger partial charge in [-0.15, -0.1) is 0 Å². The molecule has 0 atom stereocenters. The normalized spacial score (nSPS) is 16.2. The Morgan fingerprint density at radius 3 is 2.70 bits per heavy atom. The van der Waals surface area contributed by atoms with E-state index in [1.807, 2.05) is 4.90 Å². The lowest BCUT2D eigenvalue weighted by Gasteiger charge is -2.32. The number of piperidine rings is 1. The molecular formula is C13H19BrN4O2. The van der Waals surface area contributed by atoms with Gasteiger partial charge in [0.2, 0.25) is 11.9 Å². The van der Waals surface area contributed by atoms with Crippen LogP contribution in [0.5, 0.6) is 0 Å². The fourth-order valence-corrected chi connectivity index (χ4v) is 2.39. The van der Waals surface area contributed by atoms with E-state index in [-0.39, 0.29) is 5.91 Å². The van der Waals surface area contributed by atoms with E-state index >= 15 is 0 Å². The Hall–Kier alpha value is -1.21. The van der Waals surface area contributed by atoms with E-state index in [9.17, 15) is 4.79 Å². The lowest BCUT2D eigenvalue weighted by Crippen LogP contribution is -2.42. The minimum absolute atomic E-state index is 0.171. The van der Waals surface area contributed by atoms with E-state index in [2.05, 4.69) is 31.2 Å². The number of aromatic nitrogens is 2. The largest absolute Gasteiger partial charge is 0.384 e. The van der Waals surface area contributed by atoms with Crippen molar-refractivity contribution >= 4 is 27.8 Å². The molecule has 0 aliphatic carbocycles. The smallest absolute Gasteiger partial charge is 0.224 e. The third kappa shape index (κ3) is 4.42. The van der Waals surface area contributed by atoms with Crippen LogP contribution in [0.1, 0.15) is 19.3 Å². The van der Waals surface area contributed by atoms with E-state index < -0.39 is 0 Å². The second kappa shape index (κ2) is 7.54. The van der Waals surface area contributed by atoms with Crippen LogP contribution in [0, 0.1) is 0 Å². The molecule has 1 aliphatic rings. The van der Waals surface area contributed by atoms with Gasteiger partial charge >= 0.3 is 0 Å². The first-order valence-electron chi connectivity index (χ1n) is 6.70. The predicted molar refractivity (Wildman–Crippen MR) is 79.4 cm³/mol. The number of hydrogen-bond acceptors (Lipinski definition) is 5.